The molecule has 0 radical (unpaired) electrons. The van der Waals surface area contributed by atoms with E-state index in [0.29, 0.717) is 47.7 Å². The smallest absolute Gasteiger partial charge is 0.263 e. The number of piperidine rings is 1. The molecule has 3 heterocycles. The number of hydrogen-bond donors (Lipinski definition) is 3. The number of rotatable bonds is 10. The fourth-order valence-corrected chi connectivity index (χ4v) is 6.15. The predicted molar refractivity (Wildman–Crippen MR) is 164 cm³/mol. The molecule has 0 amide bonds. The molecule has 2 aromatic heterocycles. The summed E-state index contributed by atoms with van der Waals surface area (Å²) in [4.78, 5) is 13.2. The highest BCUT2D eigenvalue weighted by Crippen LogP contribution is 2.40. The molecule has 236 valence electrons. The fraction of sp³-hybridized carbons (Fsp3) is 0.345. The summed E-state index contributed by atoms with van der Waals surface area (Å²) in [5, 5.41) is 6.61. The molecule has 4 aromatic rings. The molecule has 2 atom stereocenters. The Balaban J connectivity index is 0.00000442. The van der Waals surface area contributed by atoms with Crippen LogP contribution in [0.3, 0.4) is 0 Å². The molecular formula is C29H31ClF4N6O3S. The highest BCUT2D eigenvalue weighted by molar-refractivity contribution is 7.92. The summed E-state index contributed by atoms with van der Waals surface area (Å²) >= 11 is 0. The number of hydrogen-bond acceptors (Lipinski definition) is 8. The van der Waals surface area contributed by atoms with Gasteiger partial charge in [0.15, 0.2) is 0 Å². The van der Waals surface area contributed by atoms with E-state index in [9.17, 15) is 26.0 Å². The van der Waals surface area contributed by atoms with Crippen LogP contribution >= 0.6 is 12.4 Å². The minimum atomic E-state index is -4.60. The van der Waals surface area contributed by atoms with E-state index in [1.54, 1.807) is 37.4 Å². The largest absolute Gasteiger partial charge is 0.437 e. The lowest BCUT2D eigenvalue weighted by Crippen LogP contribution is -2.44. The number of pyridine rings is 1. The first-order valence-corrected chi connectivity index (χ1v) is 15.3. The van der Waals surface area contributed by atoms with Gasteiger partial charge in [-0.2, -0.15) is 0 Å². The fourth-order valence-electron chi connectivity index (χ4n) is 4.80. The van der Waals surface area contributed by atoms with Crippen LogP contribution < -0.4 is 20.1 Å². The molecule has 2 aromatic carbocycles. The molecule has 9 nitrogen and oxygen atoms in total. The van der Waals surface area contributed by atoms with Gasteiger partial charge in [-0.25, -0.2) is 40.9 Å². The highest BCUT2D eigenvalue weighted by Gasteiger charge is 2.34. The molecule has 0 spiro atoms. The molecule has 1 saturated heterocycles. The molecule has 0 bridgehead atoms. The van der Waals surface area contributed by atoms with Crippen molar-refractivity contribution in [3.63, 3.8) is 0 Å². The van der Waals surface area contributed by atoms with E-state index in [2.05, 4.69) is 25.6 Å². The Morgan fingerprint density at radius 1 is 1.07 bits per heavy atom. The second-order valence-corrected chi connectivity index (χ2v) is 12.1. The molecule has 0 unspecified atom stereocenters. The van der Waals surface area contributed by atoms with Crippen LogP contribution in [0.2, 0.25) is 0 Å². The summed E-state index contributed by atoms with van der Waals surface area (Å²) in [5.74, 6) is -5.19. The van der Waals surface area contributed by atoms with Gasteiger partial charge in [0.25, 0.3) is 5.92 Å². The van der Waals surface area contributed by atoms with Gasteiger partial charge in [-0.3, -0.25) is 4.72 Å². The van der Waals surface area contributed by atoms with Crippen molar-refractivity contribution in [2.75, 3.05) is 28.9 Å². The predicted octanol–water partition coefficient (Wildman–Crippen LogP) is 6.25. The number of aryl methyl sites for hydroxylation is 1. The van der Waals surface area contributed by atoms with Crippen molar-refractivity contribution in [1.29, 1.82) is 0 Å². The van der Waals surface area contributed by atoms with Crippen molar-refractivity contribution in [1.82, 2.24) is 20.3 Å². The molecule has 1 aliphatic heterocycles. The van der Waals surface area contributed by atoms with Crippen molar-refractivity contribution in [3.05, 3.63) is 66.2 Å². The summed E-state index contributed by atoms with van der Waals surface area (Å²) < 4.78 is 89.9. The van der Waals surface area contributed by atoms with E-state index in [4.69, 9.17) is 4.74 Å². The third kappa shape index (κ3) is 7.66. The third-order valence-electron chi connectivity index (χ3n) is 7.00. The lowest BCUT2D eigenvalue weighted by Gasteiger charge is -2.26. The summed E-state index contributed by atoms with van der Waals surface area (Å²) in [6.45, 7) is 3.78. The van der Waals surface area contributed by atoms with Gasteiger partial charge in [0.1, 0.15) is 23.5 Å². The second-order valence-electron chi connectivity index (χ2n) is 10.4. The number of nitrogens with one attached hydrogen (secondary N) is 3. The highest BCUT2D eigenvalue weighted by atomic mass is 35.5. The number of nitrogens with zero attached hydrogens (tertiary/aromatic N) is 3. The monoisotopic (exact) mass is 654 g/mol. The van der Waals surface area contributed by atoms with Crippen LogP contribution in [-0.2, 0) is 10.0 Å². The quantitative estimate of drug-likeness (QED) is 0.172. The normalized spacial score (nSPS) is 17.1. The Morgan fingerprint density at radius 2 is 1.84 bits per heavy atom. The van der Waals surface area contributed by atoms with E-state index >= 15 is 0 Å². The Kier molecular flexibility index (Phi) is 10.2. The van der Waals surface area contributed by atoms with Gasteiger partial charge < -0.3 is 15.4 Å². The zero-order valence-corrected chi connectivity index (χ0v) is 25.4. The lowest BCUT2D eigenvalue weighted by molar-refractivity contribution is 0.0219. The van der Waals surface area contributed by atoms with E-state index in [0.717, 1.165) is 6.07 Å². The van der Waals surface area contributed by atoms with Gasteiger partial charge in [0.05, 0.1) is 16.9 Å². The summed E-state index contributed by atoms with van der Waals surface area (Å²) in [6.07, 6.45) is 1.73. The van der Waals surface area contributed by atoms with Crippen LogP contribution in [0.5, 0.6) is 11.6 Å². The van der Waals surface area contributed by atoms with Crippen LogP contribution in [0.4, 0.5) is 29.2 Å². The zero-order chi connectivity index (χ0) is 30.8. The van der Waals surface area contributed by atoms with Gasteiger partial charge in [-0.15, -0.1) is 12.4 Å². The van der Waals surface area contributed by atoms with Crippen molar-refractivity contribution < 1.29 is 30.7 Å². The van der Waals surface area contributed by atoms with Gasteiger partial charge in [0, 0.05) is 55.1 Å². The van der Waals surface area contributed by atoms with E-state index in [1.807, 2.05) is 4.72 Å². The maximum Gasteiger partial charge on any atom is 0.263 e. The number of sulfonamides is 1. The van der Waals surface area contributed by atoms with Crippen LogP contribution in [0.25, 0.3) is 22.0 Å². The Morgan fingerprint density at radius 3 is 2.59 bits per heavy atom. The summed E-state index contributed by atoms with van der Waals surface area (Å²) in [5.41, 5.74) is 1.13. The van der Waals surface area contributed by atoms with Crippen molar-refractivity contribution in [3.8, 4) is 22.9 Å². The first-order chi connectivity index (χ1) is 20.4. The SMILES string of the molecule is CCC(F)(F)CS(=O)(=O)Nc1c(F)ccc2c(Oc3ncccc3-c3ccnc(N[C@H]4CNC[C@H](F)C4)n3)c(C)ccc12.Cl. The van der Waals surface area contributed by atoms with Gasteiger partial charge in [-0.1, -0.05) is 19.1 Å². The number of halogens is 5. The topological polar surface area (TPSA) is 118 Å². The Bertz CT molecular complexity index is 1750. The minimum Gasteiger partial charge on any atom is -0.437 e. The average molecular weight is 655 g/mol. The summed E-state index contributed by atoms with van der Waals surface area (Å²) in [6, 6.07) is 10.4. The number of alkyl halides is 3. The average Bonchev–Trinajstić information content (AvgIpc) is 2.96. The van der Waals surface area contributed by atoms with Crippen LogP contribution in [0.1, 0.15) is 25.3 Å². The number of anilines is 2. The molecule has 44 heavy (non-hydrogen) atoms. The van der Waals surface area contributed by atoms with Gasteiger partial charge >= 0.3 is 0 Å². The Hall–Kier alpha value is -3.75. The number of benzene rings is 2. The number of ether oxygens (including phenoxy) is 1. The van der Waals surface area contributed by atoms with Crippen molar-refractivity contribution in [2.45, 2.75) is 44.8 Å². The van der Waals surface area contributed by atoms with Crippen molar-refractivity contribution >= 4 is 44.8 Å². The maximum atomic E-state index is 14.9. The second kappa shape index (κ2) is 13.5. The van der Waals surface area contributed by atoms with Crippen LogP contribution in [0.15, 0.2) is 54.9 Å². The van der Waals surface area contributed by atoms with Gasteiger partial charge in [-0.05, 0) is 42.8 Å². The molecule has 0 saturated carbocycles. The van der Waals surface area contributed by atoms with Crippen LogP contribution in [0, 0.1) is 12.7 Å². The molecule has 0 aliphatic carbocycles. The third-order valence-corrected chi connectivity index (χ3v) is 8.32. The van der Waals surface area contributed by atoms with E-state index in [-0.39, 0.29) is 35.5 Å². The van der Waals surface area contributed by atoms with E-state index < -0.39 is 45.8 Å². The van der Waals surface area contributed by atoms with Crippen LogP contribution in [-0.4, -0.2) is 60.3 Å². The number of aromatic nitrogens is 3. The first kappa shape index (κ1) is 33.1. The van der Waals surface area contributed by atoms with E-state index in [1.165, 1.54) is 25.3 Å². The standard InChI is InChI=1S/C29H30F4N6O3S.ClH/c1-3-29(32,33)16-43(40,41)39-25-20-7-6-17(2)26(21(20)8-9-23(25)31)42-27-22(5-4-11-35-27)24-10-12-36-28(38-24)37-19-13-18(30)14-34-15-19;/h4-12,18-19,34,39H,3,13-16H2,1-2H3,(H,36,37,38);1H/t18-,19-;/m1./s1. The molecule has 15 heteroatoms. The minimum absolute atomic E-state index is 0. The summed E-state index contributed by atoms with van der Waals surface area (Å²) in [7, 11) is -4.60. The zero-order valence-electron chi connectivity index (χ0n) is 23.8. The Labute approximate surface area is 258 Å². The maximum absolute atomic E-state index is 14.9. The van der Waals surface area contributed by atoms with Crippen molar-refractivity contribution in [2.24, 2.45) is 0 Å². The molecule has 1 fully saturated rings. The number of fused-ring (bicyclic) bond motifs is 1. The molecular weight excluding hydrogens is 624 g/mol. The van der Waals surface area contributed by atoms with Gasteiger partial charge in [0.2, 0.25) is 21.9 Å². The lowest BCUT2D eigenvalue weighted by atomic mass is 10.0. The molecule has 5 rings (SSSR count). The molecule has 3 N–H and O–H groups in total. The first-order valence-electron chi connectivity index (χ1n) is 13.6. The molecule has 1 aliphatic rings.